The number of likely N-dealkylation sites (tertiary alicyclic amines) is 3. The van der Waals surface area contributed by atoms with Crippen LogP contribution in [0.15, 0.2) is 24.3 Å². The highest BCUT2D eigenvalue weighted by atomic mass is 16.2. The number of piperazine rings is 1. The molecule has 4 aliphatic rings. The van der Waals surface area contributed by atoms with Gasteiger partial charge in [0.15, 0.2) is 5.69 Å². The van der Waals surface area contributed by atoms with Crippen LogP contribution in [-0.4, -0.2) is 63.8 Å². The van der Waals surface area contributed by atoms with Crippen LogP contribution in [0.5, 0.6) is 0 Å². The summed E-state index contributed by atoms with van der Waals surface area (Å²) >= 11 is 0. The third kappa shape index (κ3) is 3.05. The molecule has 0 radical (unpaired) electrons. The van der Waals surface area contributed by atoms with E-state index in [-0.39, 0.29) is 41.9 Å². The summed E-state index contributed by atoms with van der Waals surface area (Å²) in [6.07, 6.45) is 2.65. The number of carbonyl (C=O) groups is 2. The van der Waals surface area contributed by atoms with E-state index in [4.69, 9.17) is 6.57 Å². The summed E-state index contributed by atoms with van der Waals surface area (Å²) in [5.74, 6) is 0.494. The molecule has 0 unspecified atom stereocenters. The van der Waals surface area contributed by atoms with Crippen molar-refractivity contribution >= 4 is 17.5 Å². The average molecular weight is 403 g/mol. The molecule has 6 atom stereocenters. The number of carbonyl (C=O) groups excluding carboxylic acids is 2. The van der Waals surface area contributed by atoms with Crippen LogP contribution < -0.4 is 0 Å². The Hall–Kier alpha value is -2.90. The molecule has 1 aromatic rings. The van der Waals surface area contributed by atoms with Crippen LogP contribution in [0.3, 0.4) is 0 Å². The van der Waals surface area contributed by atoms with Crippen molar-refractivity contribution in [2.75, 3.05) is 13.1 Å². The molecule has 3 saturated heterocycles. The Morgan fingerprint density at radius 3 is 2.93 bits per heavy atom. The number of nitrogens with zero attached hydrogens (tertiary/aromatic N) is 5. The Kier molecular flexibility index (Phi) is 4.52. The second-order valence-corrected chi connectivity index (χ2v) is 9.20. The van der Waals surface area contributed by atoms with E-state index in [0.717, 1.165) is 31.4 Å². The summed E-state index contributed by atoms with van der Waals surface area (Å²) in [5.41, 5.74) is 1.57. The summed E-state index contributed by atoms with van der Waals surface area (Å²) in [7, 11) is 0. The van der Waals surface area contributed by atoms with E-state index in [1.807, 2.05) is 34.9 Å². The van der Waals surface area contributed by atoms with Gasteiger partial charge in [0.05, 0.1) is 18.7 Å². The lowest BCUT2D eigenvalue weighted by Crippen LogP contribution is -2.52. The molecule has 154 valence electrons. The van der Waals surface area contributed by atoms with Gasteiger partial charge in [-0.15, -0.1) is 0 Å². The first-order valence-corrected chi connectivity index (χ1v) is 10.7. The minimum atomic E-state index is -0.276. The van der Waals surface area contributed by atoms with Crippen molar-refractivity contribution in [3.63, 3.8) is 0 Å². The maximum absolute atomic E-state index is 13.0. The highest BCUT2D eigenvalue weighted by molar-refractivity contribution is 5.86. The van der Waals surface area contributed by atoms with E-state index in [9.17, 15) is 14.9 Å². The van der Waals surface area contributed by atoms with Gasteiger partial charge in [0, 0.05) is 37.6 Å². The third-order valence-corrected chi connectivity index (χ3v) is 7.22. The molecule has 1 aliphatic carbocycles. The predicted molar refractivity (Wildman–Crippen MR) is 109 cm³/mol. The predicted octanol–water partition coefficient (Wildman–Crippen LogP) is 2.17. The quantitative estimate of drug-likeness (QED) is 0.707. The van der Waals surface area contributed by atoms with Crippen molar-refractivity contribution in [3.05, 3.63) is 41.2 Å². The minimum absolute atomic E-state index is 0.0644. The molecule has 0 aromatic heterocycles. The highest BCUT2D eigenvalue weighted by Crippen LogP contribution is 2.48. The second kappa shape index (κ2) is 7.11. The topological polar surface area (TPSA) is 72.0 Å². The Morgan fingerprint density at radius 1 is 1.37 bits per heavy atom. The van der Waals surface area contributed by atoms with Crippen LogP contribution in [0.4, 0.5) is 5.69 Å². The van der Waals surface area contributed by atoms with E-state index < -0.39 is 0 Å². The highest BCUT2D eigenvalue weighted by Gasteiger charge is 2.55. The number of nitriles is 1. The van der Waals surface area contributed by atoms with E-state index in [1.165, 1.54) is 0 Å². The van der Waals surface area contributed by atoms with Crippen molar-refractivity contribution in [2.24, 2.45) is 11.8 Å². The molecule has 0 spiro atoms. The normalized spacial score (nSPS) is 32.6. The number of piperidine rings is 1. The summed E-state index contributed by atoms with van der Waals surface area (Å²) in [6, 6.07) is 9.71. The van der Waals surface area contributed by atoms with Gasteiger partial charge in [0.1, 0.15) is 6.04 Å². The van der Waals surface area contributed by atoms with Gasteiger partial charge in [-0.2, -0.15) is 5.26 Å². The second-order valence-electron chi connectivity index (χ2n) is 9.20. The molecule has 7 nitrogen and oxygen atoms in total. The molecule has 2 amide bonds. The monoisotopic (exact) mass is 403 g/mol. The van der Waals surface area contributed by atoms with Crippen LogP contribution in [0, 0.1) is 29.7 Å². The van der Waals surface area contributed by atoms with Crippen LogP contribution >= 0.6 is 0 Å². The zero-order valence-electron chi connectivity index (χ0n) is 17.1. The molecule has 1 aromatic carbocycles. The van der Waals surface area contributed by atoms with Gasteiger partial charge in [-0.3, -0.25) is 14.5 Å². The zero-order valence-corrected chi connectivity index (χ0v) is 17.1. The Bertz CT molecular complexity index is 979. The van der Waals surface area contributed by atoms with Crippen LogP contribution in [0.2, 0.25) is 0 Å². The number of benzene rings is 1. The molecule has 3 aliphatic heterocycles. The molecule has 0 N–H and O–H groups in total. The Labute approximate surface area is 176 Å². The average Bonchev–Trinajstić information content (AvgIpc) is 3.09. The molecular formula is C23H25N5O2. The lowest BCUT2D eigenvalue weighted by Gasteiger charge is -2.36. The lowest BCUT2D eigenvalue weighted by molar-refractivity contribution is -0.141. The van der Waals surface area contributed by atoms with Crippen molar-refractivity contribution in [2.45, 2.75) is 56.9 Å². The Balaban J connectivity index is 1.21. The van der Waals surface area contributed by atoms with Crippen molar-refractivity contribution < 1.29 is 9.59 Å². The smallest absolute Gasteiger partial charge is 0.240 e. The maximum atomic E-state index is 13.0. The van der Waals surface area contributed by atoms with E-state index >= 15 is 0 Å². The molecule has 1 saturated carbocycles. The van der Waals surface area contributed by atoms with Gasteiger partial charge in [-0.1, -0.05) is 31.2 Å². The minimum Gasteiger partial charge on any atom is -0.333 e. The molecule has 7 heteroatoms. The SMILES string of the molecule is [C-]#[N+]c1cccc(CN2C(=O)[C@@H]3C[C@H]2CN3C[C@H](C)C(=O)N2[C@H](C#N)C[C@@H]3C[C@@H]32)c1. The largest absolute Gasteiger partial charge is 0.333 e. The van der Waals surface area contributed by atoms with Gasteiger partial charge >= 0.3 is 0 Å². The van der Waals surface area contributed by atoms with Gasteiger partial charge in [0.25, 0.3) is 0 Å². The number of rotatable bonds is 5. The number of amides is 2. The van der Waals surface area contributed by atoms with E-state index in [1.54, 1.807) is 6.07 Å². The molecule has 30 heavy (non-hydrogen) atoms. The molecular weight excluding hydrogens is 378 g/mol. The van der Waals surface area contributed by atoms with Crippen molar-refractivity contribution in [3.8, 4) is 6.07 Å². The van der Waals surface area contributed by atoms with Crippen LogP contribution in [0.25, 0.3) is 4.85 Å². The summed E-state index contributed by atoms with van der Waals surface area (Å²) in [6.45, 7) is 11.0. The fourth-order valence-electron chi connectivity index (χ4n) is 5.64. The van der Waals surface area contributed by atoms with E-state index in [0.29, 0.717) is 24.7 Å². The summed E-state index contributed by atoms with van der Waals surface area (Å²) < 4.78 is 0. The van der Waals surface area contributed by atoms with Crippen LogP contribution in [0.1, 0.15) is 31.7 Å². The first-order valence-electron chi connectivity index (χ1n) is 10.7. The first kappa shape index (κ1) is 19.1. The van der Waals surface area contributed by atoms with Crippen molar-refractivity contribution in [1.29, 1.82) is 5.26 Å². The molecule has 4 fully saturated rings. The van der Waals surface area contributed by atoms with Gasteiger partial charge < -0.3 is 9.80 Å². The molecule has 3 heterocycles. The standard InChI is InChI=1S/C23H25N5O2/c1-14(22(29)28-18(10-24)7-16-8-20(16)28)11-26-13-19-9-21(26)23(30)27(19)12-15-4-3-5-17(6-15)25-2/h3-6,14,16,18-21H,7-9,11-13H2,1H3/t14-,16+,18-,19-,20-,21-/m0/s1. The fraction of sp³-hybridized carbons (Fsp3) is 0.565. The van der Waals surface area contributed by atoms with E-state index in [2.05, 4.69) is 15.8 Å². The van der Waals surface area contributed by atoms with Gasteiger partial charge in [0.2, 0.25) is 11.8 Å². The van der Waals surface area contributed by atoms with Gasteiger partial charge in [-0.05, 0) is 30.7 Å². The first-order chi connectivity index (χ1) is 14.5. The zero-order chi connectivity index (χ0) is 21.0. The number of hydrogen-bond acceptors (Lipinski definition) is 4. The number of fused-ring (bicyclic) bond motifs is 3. The number of hydrogen-bond donors (Lipinski definition) is 0. The van der Waals surface area contributed by atoms with Crippen LogP contribution in [-0.2, 0) is 16.1 Å². The van der Waals surface area contributed by atoms with Gasteiger partial charge in [-0.25, -0.2) is 4.85 Å². The maximum Gasteiger partial charge on any atom is 0.240 e. The van der Waals surface area contributed by atoms with Crippen molar-refractivity contribution in [1.82, 2.24) is 14.7 Å². The summed E-state index contributed by atoms with van der Waals surface area (Å²) in [4.78, 5) is 35.4. The Morgan fingerprint density at radius 2 is 2.20 bits per heavy atom. The lowest BCUT2D eigenvalue weighted by atomic mass is 10.1. The molecule has 2 bridgehead atoms. The molecule has 5 rings (SSSR count). The third-order valence-electron chi connectivity index (χ3n) is 7.22. The fourth-order valence-corrected chi connectivity index (χ4v) is 5.64. The summed E-state index contributed by atoms with van der Waals surface area (Å²) in [5, 5.41) is 9.37.